The predicted molar refractivity (Wildman–Crippen MR) is 64.6 cm³/mol. The molecule has 0 saturated carbocycles. The van der Waals surface area contributed by atoms with Crippen molar-refractivity contribution in [3.63, 3.8) is 0 Å². The number of benzene rings is 1. The van der Waals surface area contributed by atoms with E-state index >= 15 is 0 Å². The van der Waals surface area contributed by atoms with Crippen LogP contribution in [0.15, 0.2) is 24.3 Å². The molecule has 0 fully saturated rings. The van der Waals surface area contributed by atoms with Gasteiger partial charge in [-0.05, 0) is 30.4 Å². The van der Waals surface area contributed by atoms with Gasteiger partial charge in [-0.15, -0.1) is 0 Å². The smallest absolute Gasteiger partial charge is 0.271 e. The topological polar surface area (TPSA) is 38.0 Å². The first kappa shape index (κ1) is 14.3. The molecular weight excluding hydrogens is 249 g/mol. The third kappa shape index (κ3) is 4.57. The van der Waals surface area contributed by atoms with Crippen molar-refractivity contribution in [1.82, 2.24) is 5.43 Å². The molecule has 3 N–H and O–H groups in total. The monoisotopic (exact) mass is 264 g/mol. The minimum absolute atomic E-state index is 0.0711. The summed E-state index contributed by atoms with van der Waals surface area (Å²) in [6.07, 6.45) is -1.70. The molecule has 1 unspecified atom stereocenters. The van der Waals surface area contributed by atoms with E-state index in [0.717, 1.165) is 23.4 Å². The van der Waals surface area contributed by atoms with Gasteiger partial charge in [-0.3, -0.25) is 11.3 Å². The van der Waals surface area contributed by atoms with Gasteiger partial charge in [-0.2, -0.15) is 24.9 Å². The number of hydrogen-bond donors (Lipinski definition) is 2. The predicted octanol–water partition coefficient (Wildman–Crippen LogP) is 2.44. The summed E-state index contributed by atoms with van der Waals surface area (Å²) in [4.78, 5) is 0. The molecule has 0 saturated heterocycles. The Hall–Kier alpha value is -0.720. The van der Waals surface area contributed by atoms with Crippen LogP contribution in [0.2, 0.25) is 0 Å². The number of halogens is 3. The second-order valence-corrected chi connectivity index (χ2v) is 4.63. The fourth-order valence-corrected chi connectivity index (χ4v) is 2.10. The Balaban J connectivity index is 2.68. The van der Waals surface area contributed by atoms with Gasteiger partial charge in [-0.25, -0.2) is 0 Å². The number of hydrogen-bond acceptors (Lipinski definition) is 3. The molecule has 96 valence electrons. The highest BCUT2D eigenvalue weighted by Gasteiger charge is 2.29. The quantitative estimate of drug-likeness (QED) is 0.633. The van der Waals surface area contributed by atoms with Gasteiger partial charge in [0.05, 0.1) is 5.56 Å². The van der Waals surface area contributed by atoms with Crippen molar-refractivity contribution in [3.05, 3.63) is 35.4 Å². The Labute approximate surface area is 103 Å². The van der Waals surface area contributed by atoms with Gasteiger partial charge in [0.2, 0.25) is 0 Å². The lowest BCUT2D eigenvalue weighted by Gasteiger charge is -2.15. The van der Waals surface area contributed by atoms with Crippen molar-refractivity contribution in [3.8, 4) is 0 Å². The average molecular weight is 264 g/mol. The van der Waals surface area contributed by atoms with E-state index in [0.29, 0.717) is 6.42 Å². The highest BCUT2D eigenvalue weighted by molar-refractivity contribution is 7.98. The van der Waals surface area contributed by atoms with Crippen LogP contribution >= 0.6 is 11.8 Å². The summed E-state index contributed by atoms with van der Waals surface area (Å²) in [7, 11) is 0. The average Bonchev–Trinajstić information content (AvgIpc) is 2.28. The van der Waals surface area contributed by atoms with Gasteiger partial charge < -0.3 is 0 Å². The maximum absolute atomic E-state index is 12.3. The number of rotatable bonds is 5. The fraction of sp³-hybridized carbons (Fsp3) is 0.455. The SMILES string of the molecule is CSCC(Cc1ccc(C(F)(F)F)cc1)NN. The first-order valence-corrected chi connectivity index (χ1v) is 6.48. The minimum atomic E-state index is -4.27. The van der Waals surface area contributed by atoms with Crippen LogP contribution in [0, 0.1) is 0 Å². The summed E-state index contributed by atoms with van der Waals surface area (Å²) in [5.41, 5.74) is 2.87. The van der Waals surface area contributed by atoms with E-state index < -0.39 is 11.7 Å². The number of nitrogens with one attached hydrogen (secondary N) is 1. The second kappa shape index (κ2) is 6.28. The van der Waals surface area contributed by atoms with E-state index in [-0.39, 0.29) is 6.04 Å². The van der Waals surface area contributed by atoms with Crippen LogP contribution in [0.5, 0.6) is 0 Å². The summed E-state index contributed by atoms with van der Waals surface area (Å²) >= 11 is 1.64. The lowest BCUT2D eigenvalue weighted by Crippen LogP contribution is -2.38. The molecule has 1 atom stereocenters. The van der Waals surface area contributed by atoms with E-state index in [1.54, 1.807) is 11.8 Å². The van der Waals surface area contributed by atoms with Gasteiger partial charge in [0, 0.05) is 11.8 Å². The van der Waals surface area contributed by atoms with Gasteiger partial charge in [0.25, 0.3) is 0 Å². The van der Waals surface area contributed by atoms with E-state index in [4.69, 9.17) is 5.84 Å². The first-order valence-electron chi connectivity index (χ1n) is 5.08. The summed E-state index contributed by atoms with van der Waals surface area (Å²) in [6.45, 7) is 0. The Bertz CT molecular complexity index is 338. The first-order chi connectivity index (χ1) is 7.97. The van der Waals surface area contributed by atoms with E-state index in [2.05, 4.69) is 5.43 Å². The third-order valence-electron chi connectivity index (χ3n) is 2.37. The maximum Gasteiger partial charge on any atom is 0.416 e. The highest BCUT2D eigenvalue weighted by atomic mass is 32.2. The molecular formula is C11H15F3N2S. The van der Waals surface area contributed by atoms with Gasteiger partial charge in [-0.1, -0.05) is 12.1 Å². The zero-order valence-electron chi connectivity index (χ0n) is 9.42. The molecule has 17 heavy (non-hydrogen) atoms. The lowest BCUT2D eigenvalue weighted by atomic mass is 10.1. The summed E-state index contributed by atoms with van der Waals surface area (Å²) in [5.74, 6) is 6.18. The van der Waals surface area contributed by atoms with Crippen molar-refractivity contribution in [2.45, 2.75) is 18.6 Å². The van der Waals surface area contributed by atoms with Crippen LogP contribution < -0.4 is 11.3 Å². The molecule has 1 aromatic carbocycles. The minimum Gasteiger partial charge on any atom is -0.271 e. The second-order valence-electron chi connectivity index (χ2n) is 3.72. The van der Waals surface area contributed by atoms with E-state index in [1.807, 2.05) is 6.26 Å². The Kier molecular flexibility index (Phi) is 5.30. The Morgan fingerprint density at radius 3 is 2.29 bits per heavy atom. The van der Waals surface area contributed by atoms with Crippen LogP contribution in [-0.2, 0) is 12.6 Å². The van der Waals surface area contributed by atoms with Crippen molar-refractivity contribution >= 4 is 11.8 Å². The Morgan fingerprint density at radius 1 is 1.29 bits per heavy atom. The third-order valence-corrected chi connectivity index (χ3v) is 3.10. The molecule has 0 heterocycles. The fourth-order valence-electron chi connectivity index (χ4n) is 1.48. The lowest BCUT2D eigenvalue weighted by molar-refractivity contribution is -0.137. The molecule has 0 aliphatic rings. The normalized spacial score (nSPS) is 13.7. The number of thioether (sulfide) groups is 1. The van der Waals surface area contributed by atoms with Crippen LogP contribution in [0.25, 0.3) is 0 Å². The summed E-state index contributed by atoms with van der Waals surface area (Å²) in [6, 6.07) is 5.26. The van der Waals surface area contributed by atoms with Gasteiger partial charge in [0.15, 0.2) is 0 Å². The van der Waals surface area contributed by atoms with Crippen LogP contribution in [-0.4, -0.2) is 18.1 Å². The van der Waals surface area contributed by atoms with Gasteiger partial charge in [0.1, 0.15) is 0 Å². The molecule has 0 radical (unpaired) electrons. The zero-order valence-corrected chi connectivity index (χ0v) is 10.2. The molecule has 0 aliphatic carbocycles. The number of nitrogens with two attached hydrogens (primary N) is 1. The molecule has 0 aromatic heterocycles. The molecule has 1 aromatic rings. The van der Waals surface area contributed by atoms with Crippen molar-refractivity contribution < 1.29 is 13.2 Å². The van der Waals surface area contributed by atoms with Crippen LogP contribution in [0.3, 0.4) is 0 Å². The van der Waals surface area contributed by atoms with Crippen molar-refractivity contribution in [1.29, 1.82) is 0 Å². The highest BCUT2D eigenvalue weighted by Crippen LogP contribution is 2.29. The van der Waals surface area contributed by atoms with E-state index in [1.165, 1.54) is 12.1 Å². The number of hydrazine groups is 1. The largest absolute Gasteiger partial charge is 0.416 e. The molecule has 0 aliphatic heterocycles. The molecule has 1 rings (SSSR count). The Morgan fingerprint density at radius 2 is 1.88 bits per heavy atom. The van der Waals surface area contributed by atoms with Crippen molar-refractivity contribution in [2.24, 2.45) is 5.84 Å². The summed E-state index contributed by atoms with van der Waals surface area (Å²) in [5, 5.41) is 0. The van der Waals surface area contributed by atoms with Crippen molar-refractivity contribution in [2.75, 3.05) is 12.0 Å². The van der Waals surface area contributed by atoms with Gasteiger partial charge >= 0.3 is 6.18 Å². The zero-order chi connectivity index (χ0) is 12.9. The number of alkyl halides is 3. The van der Waals surface area contributed by atoms with Crippen LogP contribution in [0.4, 0.5) is 13.2 Å². The molecule has 0 spiro atoms. The molecule has 6 heteroatoms. The summed E-state index contributed by atoms with van der Waals surface area (Å²) < 4.78 is 37.0. The van der Waals surface area contributed by atoms with Crippen LogP contribution in [0.1, 0.15) is 11.1 Å². The standard InChI is InChI=1S/C11H15F3N2S/c1-17-7-10(16-15)6-8-2-4-9(5-3-8)11(12,13)14/h2-5,10,16H,6-7,15H2,1H3. The molecule has 0 amide bonds. The van der Waals surface area contributed by atoms with E-state index in [9.17, 15) is 13.2 Å². The molecule has 0 bridgehead atoms. The molecule has 2 nitrogen and oxygen atoms in total. The maximum atomic E-state index is 12.3.